The molecule has 138 valence electrons. The van der Waals surface area contributed by atoms with Crippen LogP contribution in [0.2, 0.25) is 10.0 Å². The number of halogens is 2. The molecular formula is C17H17Cl2N3O4. The first kappa shape index (κ1) is 19.8. The maximum atomic E-state index is 12.4. The van der Waals surface area contributed by atoms with E-state index in [2.05, 4.69) is 15.6 Å². The molecule has 0 aliphatic heterocycles. The predicted octanol–water partition coefficient (Wildman–Crippen LogP) is 2.50. The zero-order chi connectivity index (χ0) is 19.3. The molecule has 0 spiro atoms. The Labute approximate surface area is 159 Å². The van der Waals surface area contributed by atoms with Crippen molar-refractivity contribution < 1.29 is 19.5 Å². The number of carbonyl (C=O) groups is 3. The molecule has 2 amide bonds. The number of carboxylic acids is 1. The lowest BCUT2D eigenvalue weighted by molar-refractivity contribution is -0.139. The summed E-state index contributed by atoms with van der Waals surface area (Å²) in [5.74, 6) is -2.52. The first-order chi connectivity index (χ1) is 12.3. The number of carbonyl (C=O) groups excluding carboxylic acids is 2. The van der Waals surface area contributed by atoms with Gasteiger partial charge < -0.3 is 20.7 Å². The molecule has 0 saturated heterocycles. The minimum Gasteiger partial charge on any atom is -0.480 e. The molecule has 1 aromatic heterocycles. The van der Waals surface area contributed by atoms with E-state index in [9.17, 15) is 19.5 Å². The summed E-state index contributed by atoms with van der Waals surface area (Å²) in [5.41, 5.74) is 1.12. The van der Waals surface area contributed by atoms with Gasteiger partial charge in [-0.2, -0.15) is 0 Å². The molecule has 0 unspecified atom stereocenters. The highest BCUT2D eigenvalue weighted by Gasteiger charge is 2.24. The Kier molecular flexibility index (Phi) is 6.65. The van der Waals surface area contributed by atoms with E-state index in [1.165, 1.54) is 0 Å². The highest BCUT2D eigenvalue weighted by molar-refractivity contribution is 6.39. The lowest BCUT2D eigenvalue weighted by atomic mass is 10.1. The first-order valence-corrected chi connectivity index (χ1v) is 8.52. The molecule has 26 heavy (non-hydrogen) atoms. The number of H-pyrrole nitrogens is 1. The van der Waals surface area contributed by atoms with Crippen molar-refractivity contribution in [3.05, 3.63) is 57.3 Å². The van der Waals surface area contributed by atoms with Gasteiger partial charge in [0.2, 0.25) is 0 Å². The molecule has 9 heteroatoms. The molecule has 1 aromatic carbocycles. The quantitative estimate of drug-likeness (QED) is 0.574. The van der Waals surface area contributed by atoms with Gasteiger partial charge in [-0.15, -0.1) is 0 Å². The number of aryl methyl sites for hydroxylation is 1. The van der Waals surface area contributed by atoms with Gasteiger partial charge in [0.15, 0.2) is 0 Å². The molecule has 0 saturated carbocycles. The van der Waals surface area contributed by atoms with Crippen LogP contribution in [0.25, 0.3) is 0 Å². The van der Waals surface area contributed by atoms with Gasteiger partial charge in [-0.3, -0.25) is 9.59 Å². The van der Waals surface area contributed by atoms with Crippen LogP contribution in [0.1, 0.15) is 33.3 Å². The molecule has 0 aliphatic rings. The SMILES string of the molecule is CCc1cc(Cl)c(C(=O)N[C@@H](CNC(=O)c2ccc[nH]2)C(=O)O)c(Cl)c1. The fraction of sp³-hybridized carbons (Fsp3) is 0.235. The standard InChI is InChI=1S/C17H17Cl2N3O4/c1-2-9-6-10(18)14(11(19)7-9)16(24)22-13(17(25)26)8-21-15(23)12-4-3-5-20-12/h3-7,13,20H,2,8H2,1H3,(H,21,23)(H,22,24)(H,25,26)/t13-/m0/s1. The van der Waals surface area contributed by atoms with Crippen LogP contribution in [-0.2, 0) is 11.2 Å². The van der Waals surface area contributed by atoms with Crippen LogP contribution in [0.3, 0.4) is 0 Å². The number of nitrogens with one attached hydrogen (secondary N) is 3. The Bertz CT molecular complexity index is 798. The zero-order valence-corrected chi connectivity index (χ0v) is 15.3. The van der Waals surface area contributed by atoms with Gasteiger partial charge >= 0.3 is 5.97 Å². The maximum Gasteiger partial charge on any atom is 0.328 e. The van der Waals surface area contributed by atoms with Crippen molar-refractivity contribution in [3.8, 4) is 0 Å². The second kappa shape index (κ2) is 8.73. The van der Waals surface area contributed by atoms with Crippen LogP contribution < -0.4 is 10.6 Å². The van der Waals surface area contributed by atoms with Crippen LogP contribution in [0.15, 0.2) is 30.5 Å². The number of aliphatic carboxylic acids is 1. The lowest BCUT2D eigenvalue weighted by Gasteiger charge is -2.16. The van der Waals surface area contributed by atoms with Crippen molar-refractivity contribution in [2.45, 2.75) is 19.4 Å². The number of amides is 2. The molecule has 1 heterocycles. The average Bonchev–Trinajstić information content (AvgIpc) is 3.11. The van der Waals surface area contributed by atoms with Gasteiger partial charge in [-0.05, 0) is 36.2 Å². The zero-order valence-electron chi connectivity index (χ0n) is 13.8. The lowest BCUT2D eigenvalue weighted by Crippen LogP contribution is -2.48. The summed E-state index contributed by atoms with van der Waals surface area (Å²) in [6.07, 6.45) is 2.25. The Hall–Kier alpha value is -2.51. The highest BCUT2D eigenvalue weighted by atomic mass is 35.5. The minimum atomic E-state index is -1.35. The average molecular weight is 398 g/mol. The summed E-state index contributed by atoms with van der Waals surface area (Å²) in [4.78, 5) is 38.4. The second-order valence-corrected chi connectivity index (χ2v) is 6.26. The number of aromatic amines is 1. The van der Waals surface area contributed by atoms with E-state index in [0.29, 0.717) is 6.42 Å². The van der Waals surface area contributed by atoms with Gasteiger partial charge in [0.25, 0.3) is 11.8 Å². The van der Waals surface area contributed by atoms with E-state index < -0.39 is 23.8 Å². The predicted molar refractivity (Wildman–Crippen MR) is 97.9 cm³/mol. The largest absolute Gasteiger partial charge is 0.480 e. The van der Waals surface area contributed by atoms with Gasteiger partial charge in [0, 0.05) is 12.7 Å². The molecule has 0 fully saturated rings. The summed E-state index contributed by atoms with van der Waals surface area (Å²) in [5, 5.41) is 14.3. The third-order valence-corrected chi connectivity index (χ3v) is 4.25. The fourth-order valence-electron chi connectivity index (χ4n) is 2.24. The van der Waals surface area contributed by atoms with Crippen molar-refractivity contribution in [1.29, 1.82) is 0 Å². The number of hydrogen-bond donors (Lipinski definition) is 4. The fourth-order valence-corrected chi connectivity index (χ4v) is 2.94. The highest BCUT2D eigenvalue weighted by Crippen LogP contribution is 2.27. The Morgan fingerprint density at radius 3 is 2.35 bits per heavy atom. The van der Waals surface area contributed by atoms with E-state index >= 15 is 0 Å². The van der Waals surface area contributed by atoms with E-state index in [4.69, 9.17) is 23.2 Å². The number of rotatable bonds is 7. The van der Waals surface area contributed by atoms with Crippen LogP contribution in [0, 0.1) is 0 Å². The molecule has 7 nitrogen and oxygen atoms in total. The molecule has 2 aromatic rings. The van der Waals surface area contributed by atoms with Crippen LogP contribution in [0.5, 0.6) is 0 Å². The molecule has 0 aliphatic carbocycles. The van der Waals surface area contributed by atoms with E-state index in [1.54, 1.807) is 30.5 Å². The van der Waals surface area contributed by atoms with E-state index in [1.807, 2.05) is 6.92 Å². The summed E-state index contributed by atoms with van der Waals surface area (Å²) in [7, 11) is 0. The van der Waals surface area contributed by atoms with Gasteiger partial charge in [-0.25, -0.2) is 4.79 Å². The Balaban J connectivity index is 2.09. The molecule has 1 atom stereocenters. The molecule has 4 N–H and O–H groups in total. The minimum absolute atomic E-state index is 0.00697. The third kappa shape index (κ3) is 4.77. The number of carboxylic acid groups (broad SMARTS) is 1. The van der Waals surface area contributed by atoms with Crippen LogP contribution in [0.4, 0.5) is 0 Å². The Morgan fingerprint density at radius 1 is 1.19 bits per heavy atom. The third-order valence-electron chi connectivity index (χ3n) is 3.65. The summed E-state index contributed by atoms with van der Waals surface area (Å²) < 4.78 is 0. The summed E-state index contributed by atoms with van der Waals surface area (Å²) >= 11 is 12.2. The molecule has 0 bridgehead atoms. The van der Waals surface area contributed by atoms with Crippen LogP contribution >= 0.6 is 23.2 Å². The topological polar surface area (TPSA) is 111 Å². The molecular weight excluding hydrogens is 381 g/mol. The first-order valence-electron chi connectivity index (χ1n) is 7.76. The normalized spacial score (nSPS) is 11.7. The van der Waals surface area contributed by atoms with Crippen molar-refractivity contribution in [2.75, 3.05) is 6.54 Å². The summed E-state index contributed by atoms with van der Waals surface area (Å²) in [6.45, 7) is 1.61. The van der Waals surface area contributed by atoms with Crippen molar-refractivity contribution in [1.82, 2.24) is 15.6 Å². The number of hydrogen-bond acceptors (Lipinski definition) is 3. The maximum absolute atomic E-state index is 12.4. The summed E-state index contributed by atoms with van der Waals surface area (Å²) in [6, 6.07) is 5.03. The smallest absolute Gasteiger partial charge is 0.328 e. The monoisotopic (exact) mass is 397 g/mol. The van der Waals surface area contributed by atoms with Gasteiger partial charge in [0.1, 0.15) is 11.7 Å². The van der Waals surface area contributed by atoms with Gasteiger partial charge in [-0.1, -0.05) is 30.1 Å². The molecule has 0 radical (unpaired) electrons. The molecule has 2 rings (SSSR count). The van der Waals surface area contributed by atoms with E-state index in [-0.39, 0.29) is 27.8 Å². The van der Waals surface area contributed by atoms with E-state index in [0.717, 1.165) is 5.56 Å². The van der Waals surface area contributed by atoms with Crippen LogP contribution in [-0.4, -0.2) is 40.5 Å². The van der Waals surface area contributed by atoms with Crippen molar-refractivity contribution >= 4 is 41.0 Å². The van der Waals surface area contributed by atoms with Gasteiger partial charge in [0.05, 0.1) is 15.6 Å². The number of benzene rings is 1. The second-order valence-electron chi connectivity index (χ2n) is 5.45. The van der Waals surface area contributed by atoms with Crippen molar-refractivity contribution in [2.24, 2.45) is 0 Å². The Morgan fingerprint density at radius 2 is 1.85 bits per heavy atom. The van der Waals surface area contributed by atoms with Crippen molar-refractivity contribution in [3.63, 3.8) is 0 Å². The number of aromatic nitrogens is 1.